The van der Waals surface area contributed by atoms with Gasteiger partial charge in [-0.1, -0.05) is 25.1 Å². The lowest BCUT2D eigenvalue weighted by atomic mass is 10.2. The van der Waals surface area contributed by atoms with Crippen LogP contribution in [0.2, 0.25) is 0 Å². The van der Waals surface area contributed by atoms with Crippen LogP contribution in [-0.4, -0.2) is 25.8 Å². The smallest absolute Gasteiger partial charge is 0.320 e. The van der Waals surface area contributed by atoms with E-state index in [0.717, 1.165) is 16.2 Å². The maximum atomic E-state index is 12.5. The molecule has 2 rings (SSSR count). The Labute approximate surface area is 147 Å². The Morgan fingerprint density at radius 3 is 2.62 bits per heavy atom. The zero-order valence-corrected chi connectivity index (χ0v) is 14.8. The number of thioether (sulfide) groups is 2. The predicted octanol–water partition coefficient (Wildman–Crippen LogP) is 5.33. The summed E-state index contributed by atoms with van der Waals surface area (Å²) in [5.41, 5.74) is -3.45. The first-order valence-electron chi connectivity index (χ1n) is 7.09. The van der Waals surface area contributed by atoms with Gasteiger partial charge in [-0.3, -0.25) is 0 Å². The largest absolute Gasteiger partial charge is 0.446 e. The van der Waals surface area contributed by atoms with Gasteiger partial charge in [0, 0.05) is 34.8 Å². The van der Waals surface area contributed by atoms with Gasteiger partial charge in [-0.2, -0.15) is 13.2 Å². The highest BCUT2D eigenvalue weighted by Gasteiger charge is 2.29. The van der Waals surface area contributed by atoms with Crippen molar-refractivity contribution in [2.75, 3.05) is 5.75 Å². The SMILES string of the molecule is CCSc1ccccc1-c1nccc(SC(F)(F)F)cncn1C. The second kappa shape index (κ2) is 8.43. The second-order valence-electron chi connectivity index (χ2n) is 4.65. The van der Waals surface area contributed by atoms with E-state index in [9.17, 15) is 13.2 Å². The summed E-state index contributed by atoms with van der Waals surface area (Å²) in [6, 6.07) is 9.09. The molecule has 0 amide bonds. The normalized spacial score (nSPS) is 11.2. The Bertz CT molecular complexity index is 743. The summed E-state index contributed by atoms with van der Waals surface area (Å²) in [4.78, 5) is 9.36. The third-order valence-electron chi connectivity index (χ3n) is 2.87. The van der Waals surface area contributed by atoms with Gasteiger partial charge in [-0.15, -0.1) is 11.8 Å². The van der Waals surface area contributed by atoms with Crippen LogP contribution in [0.3, 0.4) is 0 Å². The van der Waals surface area contributed by atoms with Crippen molar-refractivity contribution in [3.8, 4) is 11.4 Å². The molecule has 0 spiro atoms. The highest BCUT2D eigenvalue weighted by atomic mass is 32.2. The van der Waals surface area contributed by atoms with Gasteiger partial charge in [0.25, 0.3) is 0 Å². The Hall–Kier alpha value is -1.67. The van der Waals surface area contributed by atoms with E-state index in [2.05, 4.69) is 16.9 Å². The van der Waals surface area contributed by atoms with Crippen molar-refractivity contribution >= 4 is 23.5 Å². The van der Waals surface area contributed by atoms with Gasteiger partial charge in [-0.05, 0) is 29.6 Å². The molecule has 24 heavy (non-hydrogen) atoms. The molecule has 0 aliphatic rings. The molecule has 0 radical (unpaired) electrons. The van der Waals surface area contributed by atoms with Crippen molar-refractivity contribution in [1.29, 1.82) is 0 Å². The van der Waals surface area contributed by atoms with Crippen LogP contribution in [0.1, 0.15) is 6.92 Å². The molecule has 0 saturated heterocycles. The fourth-order valence-corrected chi connectivity index (χ4v) is 3.27. The molecular weight excluding hydrogens is 355 g/mol. The first kappa shape index (κ1) is 18.7. The second-order valence-corrected chi connectivity index (χ2v) is 7.10. The molecule has 0 fully saturated rings. The Balaban J connectivity index is 2.52. The van der Waals surface area contributed by atoms with Gasteiger partial charge in [0.2, 0.25) is 0 Å². The molecule has 3 nitrogen and oxygen atoms in total. The first-order chi connectivity index (χ1) is 11.4. The zero-order chi connectivity index (χ0) is 17.6. The fourth-order valence-electron chi connectivity index (χ4n) is 1.96. The van der Waals surface area contributed by atoms with Crippen LogP contribution in [0.25, 0.3) is 11.4 Å². The van der Waals surface area contributed by atoms with E-state index in [1.165, 1.54) is 24.8 Å². The predicted molar refractivity (Wildman–Crippen MR) is 92.4 cm³/mol. The number of aryl methyl sites for hydroxylation is 1. The molecule has 0 aliphatic carbocycles. The molecule has 1 aromatic heterocycles. The monoisotopic (exact) mass is 371 g/mol. The quantitative estimate of drug-likeness (QED) is 0.680. The summed E-state index contributed by atoms with van der Waals surface area (Å²) in [7, 11) is 1.76. The van der Waals surface area contributed by atoms with Crippen LogP contribution in [0.5, 0.6) is 0 Å². The molecular formula is C16H16F3N3S2. The molecule has 1 heterocycles. The van der Waals surface area contributed by atoms with Crippen molar-refractivity contribution in [3.63, 3.8) is 0 Å². The Kier molecular flexibility index (Phi) is 6.56. The van der Waals surface area contributed by atoms with E-state index in [1.807, 2.05) is 24.3 Å². The van der Waals surface area contributed by atoms with E-state index < -0.39 is 5.51 Å². The van der Waals surface area contributed by atoms with E-state index in [0.29, 0.717) is 5.82 Å². The van der Waals surface area contributed by atoms with Gasteiger partial charge < -0.3 is 4.57 Å². The van der Waals surface area contributed by atoms with Gasteiger partial charge in [0.1, 0.15) is 5.82 Å². The number of alkyl halides is 3. The number of rotatable bonds is 4. The molecule has 0 aliphatic heterocycles. The minimum atomic E-state index is -4.36. The number of halogens is 3. The first-order valence-corrected chi connectivity index (χ1v) is 8.89. The van der Waals surface area contributed by atoms with E-state index in [-0.39, 0.29) is 16.7 Å². The van der Waals surface area contributed by atoms with Crippen LogP contribution in [-0.2, 0) is 7.05 Å². The van der Waals surface area contributed by atoms with Gasteiger partial charge in [0.05, 0.1) is 6.33 Å². The average molecular weight is 371 g/mol. The highest BCUT2D eigenvalue weighted by molar-refractivity contribution is 8.00. The van der Waals surface area contributed by atoms with Crippen LogP contribution < -0.4 is 0 Å². The third kappa shape index (κ3) is 5.45. The van der Waals surface area contributed by atoms with Crippen molar-refractivity contribution < 1.29 is 13.2 Å². The Morgan fingerprint density at radius 1 is 1.17 bits per heavy atom. The summed E-state index contributed by atoms with van der Waals surface area (Å²) in [6.07, 6.45) is 4.00. The molecule has 0 saturated carbocycles. The molecule has 0 atom stereocenters. The summed E-state index contributed by atoms with van der Waals surface area (Å²) < 4.78 is 39.2. The minimum Gasteiger partial charge on any atom is -0.320 e. The van der Waals surface area contributed by atoms with E-state index in [4.69, 9.17) is 0 Å². The van der Waals surface area contributed by atoms with Crippen LogP contribution in [0.15, 0.2) is 58.8 Å². The molecule has 128 valence electrons. The third-order valence-corrected chi connectivity index (χ3v) is 4.54. The lowest BCUT2D eigenvalue weighted by molar-refractivity contribution is -0.0328. The average Bonchev–Trinajstić information content (AvgIpc) is 2.58. The molecule has 0 bridgehead atoms. The Morgan fingerprint density at radius 2 is 1.92 bits per heavy atom. The van der Waals surface area contributed by atoms with E-state index >= 15 is 0 Å². The zero-order valence-electron chi connectivity index (χ0n) is 13.1. The fraction of sp³-hybridized carbons (Fsp3) is 0.250. The number of hydrogen-bond donors (Lipinski definition) is 0. The van der Waals surface area contributed by atoms with Crippen LogP contribution >= 0.6 is 23.5 Å². The summed E-state index contributed by atoms with van der Waals surface area (Å²) in [6.45, 7) is 2.06. The lowest BCUT2D eigenvalue weighted by Crippen LogP contribution is -1.98. The van der Waals surface area contributed by atoms with Crippen molar-refractivity contribution in [2.45, 2.75) is 22.2 Å². The summed E-state index contributed by atoms with van der Waals surface area (Å²) in [5, 5.41) is 0. The van der Waals surface area contributed by atoms with Crippen molar-refractivity contribution in [2.24, 2.45) is 7.05 Å². The van der Waals surface area contributed by atoms with Crippen molar-refractivity contribution in [3.05, 3.63) is 49.1 Å². The molecule has 2 aromatic rings. The molecule has 0 N–H and O–H groups in total. The number of hydrogen-bond acceptors (Lipinski definition) is 4. The van der Waals surface area contributed by atoms with Gasteiger partial charge in [0.15, 0.2) is 0 Å². The standard InChI is InChI=1S/C16H16F3N3S2/c1-3-23-14-7-5-4-6-13(14)15-21-9-8-12(24-16(17,18)19)10-20-11-22(15)2/h4-11H,3H2,1-2H3. The van der Waals surface area contributed by atoms with Gasteiger partial charge >= 0.3 is 5.51 Å². The summed E-state index contributed by atoms with van der Waals surface area (Å²) >= 11 is 1.47. The molecule has 1 aromatic carbocycles. The summed E-state index contributed by atoms with van der Waals surface area (Å²) in [5.74, 6) is 1.53. The van der Waals surface area contributed by atoms with Crippen LogP contribution in [0.4, 0.5) is 13.2 Å². The number of nitrogens with zero attached hydrogens (tertiary/aromatic N) is 3. The van der Waals surface area contributed by atoms with E-state index in [1.54, 1.807) is 23.4 Å². The number of aromatic nitrogens is 3. The van der Waals surface area contributed by atoms with Crippen molar-refractivity contribution in [1.82, 2.24) is 14.5 Å². The highest BCUT2D eigenvalue weighted by Crippen LogP contribution is 2.36. The molecule has 0 unspecified atom stereocenters. The maximum Gasteiger partial charge on any atom is 0.446 e. The number of benzene rings is 1. The van der Waals surface area contributed by atoms with Gasteiger partial charge in [-0.25, -0.2) is 9.97 Å². The maximum absolute atomic E-state index is 12.5. The lowest BCUT2D eigenvalue weighted by Gasteiger charge is -2.09. The molecule has 8 heteroatoms. The van der Waals surface area contributed by atoms with Crippen LogP contribution in [0, 0.1) is 0 Å². The minimum absolute atomic E-state index is 0.0200. The topological polar surface area (TPSA) is 30.7 Å².